The number of pyridine rings is 2. The van der Waals surface area contributed by atoms with Gasteiger partial charge in [0.25, 0.3) is 0 Å². The monoisotopic (exact) mass is 231 g/mol. The number of hydrogen-bond acceptors (Lipinski definition) is 3. The third-order valence-electron chi connectivity index (χ3n) is 2.78. The van der Waals surface area contributed by atoms with Crippen molar-refractivity contribution in [3.63, 3.8) is 0 Å². The molecule has 1 aromatic carbocycles. The SMILES string of the molecule is N#Cc1cc2cnccc2nc1-c1ccccc1. The summed E-state index contributed by atoms with van der Waals surface area (Å²) in [5.41, 5.74) is 3.09. The van der Waals surface area contributed by atoms with Crippen LogP contribution in [0.4, 0.5) is 0 Å². The molecule has 0 aliphatic carbocycles. The third kappa shape index (κ3) is 1.70. The molecule has 0 aliphatic rings. The number of rotatable bonds is 1. The number of aromatic nitrogens is 2. The van der Waals surface area contributed by atoms with Gasteiger partial charge in [-0.2, -0.15) is 5.26 Å². The molecule has 2 aromatic heterocycles. The van der Waals surface area contributed by atoms with Gasteiger partial charge in [-0.05, 0) is 12.1 Å². The van der Waals surface area contributed by atoms with Crippen LogP contribution in [-0.4, -0.2) is 9.97 Å². The molecule has 3 aromatic rings. The van der Waals surface area contributed by atoms with E-state index in [4.69, 9.17) is 0 Å². The number of hydrogen-bond donors (Lipinski definition) is 0. The summed E-state index contributed by atoms with van der Waals surface area (Å²) in [5.74, 6) is 0. The summed E-state index contributed by atoms with van der Waals surface area (Å²) < 4.78 is 0. The van der Waals surface area contributed by atoms with Crippen molar-refractivity contribution < 1.29 is 0 Å². The molecule has 0 amide bonds. The zero-order chi connectivity index (χ0) is 12.4. The summed E-state index contributed by atoms with van der Waals surface area (Å²) in [7, 11) is 0. The highest BCUT2D eigenvalue weighted by Gasteiger charge is 2.08. The summed E-state index contributed by atoms with van der Waals surface area (Å²) >= 11 is 0. The van der Waals surface area contributed by atoms with Crippen LogP contribution < -0.4 is 0 Å². The van der Waals surface area contributed by atoms with E-state index in [2.05, 4.69) is 16.0 Å². The van der Waals surface area contributed by atoms with Crippen LogP contribution in [0.25, 0.3) is 22.2 Å². The molecule has 0 spiro atoms. The molecule has 0 N–H and O–H groups in total. The van der Waals surface area contributed by atoms with E-state index in [0.29, 0.717) is 5.56 Å². The number of benzene rings is 1. The van der Waals surface area contributed by atoms with Crippen molar-refractivity contribution in [1.29, 1.82) is 5.26 Å². The maximum Gasteiger partial charge on any atom is 0.101 e. The van der Waals surface area contributed by atoms with Gasteiger partial charge >= 0.3 is 0 Å². The van der Waals surface area contributed by atoms with E-state index < -0.39 is 0 Å². The Bertz CT molecular complexity index is 743. The molecule has 3 rings (SSSR count). The van der Waals surface area contributed by atoms with Gasteiger partial charge in [-0.3, -0.25) is 4.98 Å². The van der Waals surface area contributed by atoms with Gasteiger partial charge in [-0.1, -0.05) is 30.3 Å². The maximum absolute atomic E-state index is 9.23. The number of fused-ring (bicyclic) bond motifs is 1. The second-order valence-corrected chi connectivity index (χ2v) is 3.93. The molecular weight excluding hydrogens is 222 g/mol. The molecule has 3 heteroatoms. The summed E-state index contributed by atoms with van der Waals surface area (Å²) in [6.45, 7) is 0. The second kappa shape index (κ2) is 4.27. The first-order chi connectivity index (χ1) is 8.88. The Balaban J connectivity index is 2.32. The van der Waals surface area contributed by atoms with Crippen molar-refractivity contribution in [3.8, 4) is 17.3 Å². The van der Waals surface area contributed by atoms with Crippen LogP contribution in [-0.2, 0) is 0 Å². The smallest absolute Gasteiger partial charge is 0.101 e. The Hall–Kier alpha value is -2.73. The standard InChI is InChI=1S/C15H9N3/c16-9-12-8-13-10-17-7-6-14(13)18-15(12)11-4-2-1-3-5-11/h1-8,10H. The molecular formula is C15H9N3. The Labute approximate surface area is 104 Å². The van der Waals surface area contributed by atoms with Crippen LogP contribution in [0.5, 0.6) is 0 Å². The van der Waals surface area contributed by atoms with Gasteiger partial charge in [0.05, 0.1) is 16.8 Å². The lowest BCUT2D eigenvalue weighted by Crippen LogP contribution is -1.91. The predicted octanol–water partition coefficient (Wildman–Crippen LogP) is 3.17. The first-order valence-electron chi connectivity index (χ1n) is 5.59. The highest BCUT2D eigenvalue weighted by atomic mass is 14.7. The van der Waals surface area contributed by atoms with Gasteiger partial charge in [0, 0.05) is 23.3 Å². The largest absolute Gasteiger partial charge is 0.264 e. The molecule has 0 bridgehead atoms. The van der Waals surface area contributed by atoms with Gasteiger partial charge in [-0.15, -0.1) is 0 Å². The van der Waals surface area contributed by atoms with E-state index in [-0.39, 0.29) is 0 Å². The summed E-state index contributed by atoms with van der Waals surface area (Å²) in [6.07, 6.45) is 3.42. The van der Waals surface area contributed by atoms with Gasteiger partial charge in [0.1, 0.15) is 6.07 Å². The minimum atomic E-state index is 0.571. The lowest BCUT2D eigenvalue weighted by molar-refractivity contribution is 1.31. The van der Waals surface area contributed by atoms with E-state index >= 15 is 0 Å². The highest BCUT2D eigenvalue weighted by Crippen LogP contribution is 2.24. The average Bonchev–Trinajstić information content (AvgIpc) is 2.46. The van der Waals surface area contributed by atoms with E-state index in [0.717, 1.165) is 22.2 Å². The summed E-state index contributed by atoms with van der Waals surface area (Å²) in [6, 6.07) is 15.6. The second-order valence-electron chi connectivity index (χ2n) is 3.93. The van der Waals surface area contributed by atoms with Crippen LogP contribution >= 0.6 is 0 Å². The molecule has 0 radical (unpaired) electrons. The first kappa shape index (κ1) is 10.4. The normalized spacial score (nSPS) is 10.2. The zero-order valence-electron chi connectivity index (χ0n) is 9.54. The fraction of sp³-hybridized carbons (Fsp3) is 0. The molecule has 3 nitrogen and oxygen atoms in total. The van der Waals surface area contributed by atoms with Crippen LogP contribution in [0.3, 0.4) is 0 Å². The minimum Gasteiger partial charge on any atom is -0.264 e. The molecule has 0 saturated carbocycles. The Morgan fingerprint density at radius 2 is 1.89 bits per heavy atom. The topological polar surface area (TPSA) is 49.6 Å². The predicted molar refractivity (Wildman–Crippen MR) is 69.7 cm³/mol. The highest BCUT2D eigenvalue weighted by molar-refractivity contribution is 5.83. The van der Waals surface area contributed by atoms with Crippen LogP contribution in [0.2, 0.25) is 0 Å². The van der Waals surface area contributed by atoms with Crippen LogP contribution in [0.15, 0.2) is 54.9 Å². The zero-order valence-corrected chi connectivity index (χ0v) is 9.54. The average molecular weight is 231 g/mol. The molecule has 0 atom stereocenters. The van der Waals surface area contributed by atoms with Crippen LogP contribution in [0.1, 0.15) is 5.56 Å². The van der Waals surface area contributed by atoms with Crippen molar-refractivity contribution in [3.05, 3.63) is 60.4 Å². The number of nitrogens with zero attached hydrogens (tertiary/aromatic N) is 3. The van der Waals surface area contributed by atoms with E-state index in [1.807, 2.05) is 42.5 Å². The molecule has 0 unspecified atom stereocenters. The van der Waals surface area contributed by atoms with Crippen LogP contribution in [0, 0.1) is 11.3 Å². The lowest BCUT2D eigenvalue weighted by atomic mass is 10.0. The fourth-order valence-electron chi connectivity index (χ4n) is 1.92. The Morgan fingerprint density at radius 3 is 2.67 bits per heavy atom. The van der Waals surface area contributed by atoms with Crippen molar-refractivity contribution >= 4 is 10.9 Å². The molecule has 84 valence electrons. The van der Waals surface area contributed by atoms with Gasteiger partial charge in [0.2, 0.25) is 0 Å². The molecule has 0 aliphatic heterocycles. The van der Waals surface area contributed by atoms with Crippen molar-refractivity contribution in [2.75, 3.05) is 0 Å². The lowest BCUT2D eigenvalue weighted by Gasteiger charge is -2.05. The van der Waals surface area contributed by atoms with E-state index in [1.54, 1.807) is 12.4 Å². The Morgan fingerprint density at radius 1 is 1.06 bits per heavy atom. The van der Waals surface area contributed by atoms with Gasteiger partial charge < -0.3 is 0 Å². The third-order valence-corrected chi connectivity index (χ3v) is 2.78. The van der Waals surface area contributed by atoms with E-state index in [9.17, 15) is 5.26 Å². The summed E-state index contributed by atoms with van der Waals surface area (Å²) in [4.78, 5) is 8.60. The van der Waals surface area contributed by atoms with Gasteiger partial charge in [0.15, 0.2) is 0 Å². The number of nitriles is 1. The summed E-state index contributed by atoms with van der Waals surface area (Å²) in [5, 5.41) is 10.1. The Kier molecular flexibility index (Phi) is 2.47. The maximum atomic E-state index is 9.23. The fourth-order valence-corrected chi connectivity index (χ4v) is 1.92. The quantitative estimate of drug-likeness (QED) is 0.646. The van der Waals surface area contributed by atoms with Crippen molar-refractivity contribution in [2.24, 2.45) is 0 Å². The van der Waals surface area contributed by atoms with Crippen molar-refractivity contribution in [1.82, 2.24) is 9.97 Å². The van der Waals surface area contributed by atoms with Gasteiger partial charge in [-0.25, -0.2) is 4.98 Å². The molecule has 0 fully saturated rings. The molecule has 18 heavy (non-hydrogen) atoms. The molecule has 0 saturated heterocycles. The first-order valence-corrected chi connectivity index (χ1v) is 5.59. The van der Waals surface area contributed by atoms with Crippen molar-refractivity contribution in [2.45, 2.75) is 0 Å². The minimum absolute atomic E-state index is 0.571. The molecule has 2 heterocycles. The van der Waals surface area contributed by atoms with E-state index in [1.165, 1.54) is 0 Å².